The van der Waals surface area contributed by atoms with Crippen LogP contribution in [0, 0.1) is 6.92 Å². The summed E-state index contributed by atoms with van der Waals surface area (Å²) in [5, 5.41) is 0. The molecule has 2 rings (SSSR count). The second-order valence-electron chi connectivity index (χ2n) is 7.13. The molecule has 0 aliphatic rings. The van der Waals surface area contributed by atoms with Crippen molar-refractivity contribution >= 4 is 15.8 Å². The Morgan fingerprint density at radius 3 is 2.19 bits per heavy atom. The number of hydrogen-bond acceptors (Lipinski definition) is 3. The molecule has 0 saturated heterocycles. The normalized spacial score (nSPS) is 11.7. The van der Waals surface area contributed by atoms with Gasteiger partial charge in [-0.3, -0.25) is 4.79 Å². The molecule has 0 radical (unpaired) electrons. The van der Waals surface area contributed by atoms with E-state index in [9.17, 15) is 13.2 Å². The molecule has 0 spiro atoms. The number of aryl methyl sites for hydroxylation is 2. The average Bonchev–Trinajstić information content (AvgIpc) is 3.08. The van der Waals surface area contributed by atoms with Crippen LogP contribution in [-0.4, -0.2) is 18.2 Å². The smallest absolute Gasteiger partial charge is 0.268 e. The van der Waals surface area contributed by atoms with Gasteiger partial charge in [-0.2, -0.15) is 0 Å². The lowest BCUT2D eigenvalue weighted by atomic mass is 10.1. The van der Waals surface area contributed by atoms with Crippen molar-refractivity contribution in [2.75, 3.05) is 0 Å². The lowest BCUT2D eigenvalue weighted by molar-refractivity contribution is 0.0973. The van der Waals surface area contributed by atoms with Gasteiger partial charge in [0.15, 0.2) is 5.78 Å². The molecule has 5 heteroatoms. The van der Waals surface area contributed by atoms with E-state index >= 15 is 0 Å². The lowest BCUT2D eigenvalue weighted by Crippen LogP contribution is -2.21. The van der Waals surface area contributed by atoms with Gasteiger partial charge >= 0.3 is 0 Å². The van der Waals surface area contributed by atoms with E-state index in [1.54, 1.807) is 36.4 Å². The first kappa shape index (κ1) is 21.4. The number of rotatable bonds is 11. The van der Waals surface area contributed by atoms with E-state index in [-0.39, 0.29) is 16.4 Å². The first-order valence-electron chi connectivity index (χ1n) is 9.97. The Kier molecular flexibility index (Phi) is 7.84. The maximum Gasteiger partial charge on any atom is 0.268 e. The van der Waals surface area contributed by atoms with Crippen LogP contribution < -0.4 is 0 Å². The zero-order chi connectivity index (χ0) is 19.9. The molecular formula is C22H31NO3S. The third-order valence-corrected chi connectivity index (χ3v) is 6.58. The highest BCUT2D eigenvalue weighted by Gasteiger charge is 2.25. The number of carbonyl (C=O) groups excluding carboxylic acids is 1. The topological polar surface area (TPSA) is 56.1 Å². The van der Waals surface area contributed by atoms with Gasteiger partial charge in [-0.25, -0.2) is 12.4 Å². The molecule has 1 heterocycles. The van der Waals surface area contributed by atoms with E-state index in [2.05, 4.69) is 13.8 Å². The highest BCUT2D eigenvalue weighted by atomic mass is 32.2. The minimum Gasteiger partial charge on any atom is -0.292 e. The van der Waals surface area contributed by atoms with Crippen LogP contribution in [0.4, 0.5) is 0 Å². The average molecular weight is 390 g/mol. The Labute approximate surface area is 163 Å². The fourth-order valence-electron chi connectivity index (χ4n) is 3.15. The Hall–Kier alpha value is -1.88. The van der Waals surface area contributed by atoms with Crippen molar-refractivity contribution in [3.05, 3.63) is 53.3 Å². The Balaban J connectivity index is 2.40. The second-order valence-corrected chi connectivity index (χ2v) is 8.92. The molecule has 1 aromatic carbocycles. The number of nitrogens with zero attached hydrogens (tertiary/aromatic N) is 1. The predicted molar refractivity (Wildman–Crippen MR) is 110 cm³/mol. The van der Waals surface area contributed by atoms with Crippen LogP contribution in [0.2, 0.25) is 0 Å². The van der Waals surface area contributed by atoms with Crippen molar-refractivity contribution in [3.8, 4) is 0 Å². The van der Waals surface area contributed by atoms with Gasteiger partial charge in [0.05, 0.1) is 4.90 Å². The number of aromatic nitrogens is 1. The van der Waals surface area contributed by atoms with Crippen molar-refractivity contribution in [2.24, 2.45) is 0 Å². The number of ketones is 1. The summed E-state index contributed by atoms with van der Waals surface area (Å²) >= 11 is 0. The molecule has 148 valence electrons. The van der Waals surface area contributed by atoms with Crippen molar-refractivity contribution < 1.29 is 13.2 Å². The molecule has 0 amide bonds. The number of Topliss-reactive ketones (excluding diaryl/α,β-unsaturated/α-hetero) is 1. The first-order valence-corrected chi connectivity index (χ1v) is 11.4. The quantitative estimate of drug-likeness (QED) is 0.375. The highest BCUT2D eigenvalue weighted by Crippen LogP contribution is 2.23. The van der Waals surface area contributed by atoms with E-state index in [4.69, 9.17) is 0 Å². The van der Waals surface area contributed by atoms with E-state index in [0.29, 0.717) is 18.5 Å². The van der Waals surface area contributed by atoms with E-state index in [1.165, 1.54) is 3.97 Å². The highest BCUT2D eigenvalue weighted by molar-refractivity contribution is 7.90. The molecule has 0 saturated carbocycles. The van der Waals surface area contributed by atoms with Gasteiger partial charge in [-0.05, 0) is 50.5 Å². The Morgan fingerprint density at radius 1 is 0.889 bits per heavy atom. The number of benzene rings is 1. The van der Waals surface area contributed by atoms with Gasteiger partial charge in [0.1, 0.15) is 5.69 Å². The minimum absolute atomic E-state index is 0.0930. The minimum atomic E-state index is -3.79. The lowest BCUT2D eigenvalue weighted by Gasteiger charge is -2.14. The number of hydrogen-bond donors (Lipinski definition) is 0. The standard InChI is InChI=1S/C22H31NO3S/c1-4-6-8-9-11-22(24)21-17-14-19(10-7-5-2)23(21)27(25,26)20-15-12-18(3)13-16-20/h12-17H,4-11H2,1-3H3. The van der Waals surface area contributed by atoms with Crippen molar-refractivity contribution in [1.82, 2.24) is 3.97 Å². The zero-order valence-corrected chi connectivity index (χ0v) is 17.5. The van der Waals surface area contributed by atoms with Crippen molar-refractivity contribution in [2.45, 2.75) is 77.0 Å². The Morgan fingerprint density at radius 2 is 1.56 bits per heavy atom. The molecular weight excluding hydrogens is 358 g/mol. The maximum absolute atomic E-state index is 13.3. The second kappa shape index (κ2) is 9.88. The van der Waals surface area contributed by atoms with E-state index in [1.807, 2.05) is 6.92 Å². The molecule has 1 aromatic heterocycles. The predicted octanol–water partition coefficient (Wildman–Crippen LogP) is 5.53. The molecule has 0 N–H and O–H groups in total. The van der Waals surface area contributed by atoms with Gasteiger partial charge in [-0.1, -0.05) is 57.2 Å². The van der Waals surface area contributed by atoms with Gasteiger partial charge in [-0.15, -0.1) is 0 Å². The van der Waals surface area contributed by atoms with Crippen LogP contribution in [-0.2, 0) is 16.4 Å². The molecule has 0 fully saturated rings. The third kappa shape index (κ3) is 5.32. The SMILES string of the molecule is CCCCCCC(=O)c1ccc(CCCC)n1S(=O)(=O)c1ccc(C)cc1. The summed E-state index contributed by atoms with van der Waals surface area (Å²) in [6, 6.07) is 10.3. The molecule has 0 atom stereocenters. The van der Waals surface area contributed by atoms with Gasteiger partial charge in [0.25, 0.3) is 10.0 Å². The summed E-state index contributed by atoms with van der Waals surface area (Å²) in [5.74, 6) is -0.0930. The van der Waals surface area contributed by atoms with E-state index in [0.717, 1.165) is 44.1 Å². The van der Waals surface area contributed by atoms with Crippen LogP contribution in [0.1, 0.15) is 80.5 Å². The molecule has 27 heavy (non-hydrogen) atoms. The van der Waals surface area contributed by atoms with Crippen molar-refractivity contribution in [1.29, 1.82) is 0 Å². The number of carbonyl (C=O) groups is 1. The molecule has 0 bridgehead atoms. The van der Waals surface area contributed by atoms with Crippen LogP contribution in [0.15, 0.2) is 41.3 Å². The fraction of sp³-hybridized carbons (Fsp3) is 0.500. The molecule has 0 aliphatic carbocycles. The molecule has 2 aromatic rings. The summed E-state index contributed by atoms with van der Waals surface area (Å²) in [4.78, 5) is 13.0. The Bertz CT molecular complexity index is 848. The van der Waals surface area contributed by atoms with E-state index < -0.39 is 10.0 Å². The maximum atomic E-state index is 13.3. The van der Waals surface area contributed by atoms with Crippen LogP contribution in [0.3, 0.4) is 0 Å². The van der Waals surface area contributed by atoms with Crippen molar-refractivity contribution in [3.63, 3.8) is 0 Å². The summed E-state index contributed by atoms with van der Waals surface area (Å²) in [6.45, 7) is 6.12. The van der Waals surface area contributed by atoms with Crippen LogP contribution in [0.5, 0.6) is 0 Å². The summed E-state index contributed by atoms with van der Waals surface area (Å²) in [6.07, 6.45) is 6.88. The van der Waals surface area contributed by atoms with Gasteiger partial charge in [0, 0.05) is 12.1 Å². The van der Waals surface area contributed by atoms with Gasteiger partial charge < -0.3 is 0 Å². The first-order chi connectivity index (χ1) is 12.9. The van der Waals surface area contributed by atoms with Gasteiger partial charge in [0.2, 0.25) is 0 Å². The summed E-state index contributed by atoms with van der Waals surface area (Å²) in [7, 11) is -3.79. The van der Waals surface area contributed by atoms with Crippen LogP contribution in [0.25, 0.3) is 0 Å². The molecule has 0 aliphatic heterocycles. The molecule has 0 unspecified atom stereocenters. The molecule has 4 nitrogen and oxygen atoms in total. The zero-order valence-electron chi connectivity index (χ0n) is 16.7. The number of unbranched alkanes of at least 4 members (excludes halogenated alkanes) is 4. The fourth-order valence-corrected chi connectivity index (χ4v) is 4.73. The summed E-state index contributed by atoms with van der Waals surface area (Å²) < 4.78 is 27.9. The third-order valence-electron chi connectivity index (χ3n) is 4.80. The largest absolute Gasteiger partial charge is 0.292 e. The van der Waals surface area contributed by atoms with Crippen LogP contribution >= 0.6 is 0 Å². The monoisotopic (exact) mass is 389 g/mol. The summed E-state index contributed by atoms with van der Waals surface area (Å²) in [5.41, 5.74) is 1.98.